The molecule has 0 aliphatic heterocycles. The molecule has 0 saturated heterocycles. The smallest absolute Gasteiger partial charge is 0.152 e. The van der Waals surface area contributed by atoms with Crippen LogP contribution in [0.4, 0.5) is 4.39 Å². The van der Waals surface area contributed by atoms with Crippen LogP contribution in [0.1, 0.15) is 22.2 Å². The predicted molar refractivity (Wildman–Crippen MR) is 81.3 cm³/mol. The molecule has 0 bridgehead atoms. The molecule has 2 heterocycles. The summed E-state index contributed by atoms with van der Waals surface area (Å²) in [6.45, 7) is 2.07. The Morgan fingerprint density at radius 2 is 2.20 bits per heavy atom. The Kier molecular flexibility index (Phi) is 3.36. The number of H-pyrrole nitrogens is 1. The lowest BCUT2D eigenvalue weighted by Gasteiger charge is -1.95. The molecule has 3 rings (SSSR count). The Morgan fingerprint density at radius 3 is 2.85 bits per heavy atom. The van der Waals surface area contributed by atoms with Crippen molar-refractivity contribution in [3.05, 3.63) is 45.5 Å². The topological polar surface area (TPSA) is 32.9 Å². The summed E-state index contributed by atoms with van der Waals surface area (Å²) in [6, 6.07) is 6.81. The predicted octanol–water partition coefficient (Wildman–Crippen LogP) is 5.06. The number of fused-ring (bicyclic) bond motifs is 1. The summed E-state index contributed by atoms with van der Waals surface area (Å²) in [5, 5.41) is 0.801. The van der Waals surface area contributed by atoms with E-state index in [9.17, 15) is 9.18 Å². The third-order valence-corrected chi connectivity index (χ3v) is 4.70. The number of rotatable bonds is 3. The molecule has 1 N–H and O–H groups in total. The first-order chi connectivity index (χ1) is 9.63. The highest BCUT2D eigenvalue weighted by molar-refractivity contribution is 7.15. The SMILES string of the molecule is CCc1ccc(-c2[nH]c3c(F)cc(Cl)cc3c2C=O)s1. The molecular weight excluding hydrogens is 297 g/mol. The van der Waals surface area contributed by atoms with E-state index in [4.69, 9.17) is 11.6 Å². The maximum Gasteiger partial charge on any atom is 0.152 e. The normalized spacial score (nSPS) is 11.2. The van der Waals surface area contributed by atoms with E-state index in [1.54, 1.807) is 17.4 Å². The summed E-state index contributed by atoms with van der Waals surface area (Å²) in [7, 11) is 0. The Balaban J connectivity index is 2.30. The van der Waals surface area contributed by atoms with Crippen LogP contribution in [0.15, 0.2) is 24.3 Å². The third kappa shape index (κ3) is 2.05. The van der Waals surface area contributed by atoms with E-state index in [1.165, 1.54) is 10.9 Å². The Bertz CT molecular complexity index is 806. The zero-order chi connectivity index (χ0) is 14.3. The highest BCUT2D eigenvalue weighted by Crippen LogP contribution is 2.35. The van der Waals surface area contributed by atoms with Crippen molar-refractivity contribution in [2.75, 3.05) is 0 Å². The van der Waals surface area contributed by atoms with Crippen LogP contribution in [0.5, 0.6) is 0 Å². The number of benzene rings is 1. The first-order valence-corrected chi connectivity index (χ1v) is 7.38. The fourth-order valence-corrected chi connectivity index (χ4v) is 3.43. The van der Waals surface area contributed by atoms with Crippen LogP contribution in [0.25, 0.3) is 21.5 Å². The molecule has 0 spiro atoms. The van der Waals surface area contributed by atoms with E-state index < -0.39 is 5.82 Å². The molecule has 0 unspecified atom stereocenters. The molecule has 0 amide bonds. The summed E-state index contributed by atoms with van der Waals surface area (Å²) < 4.78 is 13.9. The lowest BCUT2D eigenvalue weighted by molar-refractivity contribution is 0.112. The largest absolute Gasteiger partial charge is 0.351 e. The minimum Gasteiger partial charge on any atom is -0.351 e. The molecule has 20 heavy (non-hydrogen) atoms. The number of nitrogens with one attached hydrogen (secondary N) is 1. The maximum atomic E-state index is 13.9. The van der Waals surface area contributed by atoms with Gasteiger partial charge in [0, 0.05) is 20.8 Å². The van der Waals surface area contributed by atoms with Gasteiger partial charge in [-0.05, 0) is 30.7 Å². The molecule has 1 aromatic carbocycles. The van der Waals surface area contributed by atoms with Gasteiger partial charge in [-0.2, -0.15) is 0 Å². The highest BCUT2D eigenvalue weighted by atomic mass is 35.5. The second-order valence-corrected chi connectivity index (χ2v) is 6.07. The summed E-state index contributed by atoms with van der Waals surface area (Å²) in [5.41, 5.74) is 1.42. The van der Waals surface area contributed by atoms with E-state index in [-0.39, 0.29) is 5.02 Å². The number of hydrogen-bond donors (Lipinski definition) is 1. The molecule has 0 radical (unpaired) electrons. The number of aldehydes is 1. The van der Waals surface area contributed by atoms with Crippen LogP contribution in [0.3, 0.4) is 0 Å². The number of aryl methyl sites for hydroxylation is 1. The fourth-order valence-electron chi connectivity index (χ4n) is 2.26. The van der Waals surface area contributed by atoms with Crippen LogP contribution >= 0.6 is 22.9 Å². The van der Waals surface area contributed by atoms with Crippen LogP contribution in [0, 0.1) is 5.82 Å². The number of aromatic nitrogens is 1. The second kappa shape index (κ2) is 5.04. The van der Waals surface area contributed by atoms with Crippen LogP contribution < -0.4 is 0 Å². The quantitative estimate of drug-likeness (QED) is 0.674. The van der Waals surface area contributed by atoms with Crippen molar-refractivity contribution < 1.29 is 9.18 Å². The van der Waals surface area contributed by atoms with Crippen molar-refractivity contribution in [1.82, 2.24) is 4.98 Å². The lowest BCUT2D eigenvalue weighted by Crippen LogP contribution is -1.81. The standard InChI is InChI=1S/C15H11ClFNOS/c1-2-9-3-4-13(20-9)15-11(7-19)10-5-8(16)6-12(17)14(10)18-15/h3-7,18H,2H2,1H3. The van der Waals surface area contributed by atoms with Crippen LogP contribution in [0.2, 0.25) is 5.02 Å². The Hall–Kier alpha value is -1.65. The summed E-state index contributed by atoms with van der Waals surface area (Å²) >= 11 is 7.46. The van der Waals surface area contributed by atoms with Gasteiger partial charge in [-0.15, -0.1) is 11.3 Å². The van der Waals surface area contributed by atoms with Crippen molar-refractivity contribution in [2.45, 2.75) is 13.3 Å². The molecule has 0 saturated carbocycles. The molecule has 102 valence electrons. The van der Waals surface area contributed by atoms with Crippen molar-refractivity contribution in [2.24, 2.45) is 0 Å². The van der Waals surface area contributed by atoms with E-state index in [2.05, 4.69) is 11.9 Å². The fraction of sp³-hybridized carbons (Fsp3) is 0.133. The van der Waals surface area contributed by atoms with E-state index >= 15 is 0 Å². The number of carbonyl (C=O) groups is 1. The first kappa shape index (κ1) is 13.3. The Morgan fingerprint density at radius 1 is 1.40 bits per heavy atom. The van der Waals surface area contributed by atoms with Gasteiger partial charge in [0.15, 0.2) is 6.29 Å². The third-order valence-electron chi connectivity index (χ3n) is 3.24. The summed E-state index contributed by atoms with van der Waals surface area (Å²) in [5.74, 6) is -0.450. The molecule has 0 fully saturated rings. The molecular formula is C15H11ClFNOS. The van der Waals surface area contributed by atoms with Gasteiger partial charge in [-0.25, -0.2) is 4.39 Å². The second-order valence-electron chi connectivity index (χ2n) is 4.46. The van der Waals surface area contributed by atoms with Gasteiger partial charge in [0.05, 0.1) is 16.1 Å². The average molecular weight is 308 g/mol. The summed E-state index contributed by atoms with van der Waals surface area (Å²) in [4.78, 5) is 16.5. The zero-order valence-corrected chi connectivity index (χ0v) is 12.2. The van der Waals surface area contributed by atoms with Gasteiger partial charge in [0.2, 0.25) is 0 Å². The van der Waals surface area contributed by atoms with Gasteiger partial charge in [0.25, 0.3) is 0 Å². The van der Waals surface area contributed by atoms with Gasteiger partial charge in [0.1, 0.15) is 5.82 Å². The first-order valence-electron chi connectivity index (χ1n) is 6.19. The van der Waals surface area contributed by atoms with Crippen LogP contribution in [-0.4, -0.2) is 11.3 Å². The molecule has 2 nitrogen and oxygen atoms in total. The number of carbonyl (C=O) groups excluding carboxylic acids is 1. The zero-order valence-electron chi connectivity index (χ0n) is 10.7. The van der Waals surface area contributed by atoms with Crippen molar-refractivity contribution >= 4 is 40.1 Å². The number of hydrogen-bond acceptors (Lipinski definition) is 2. The van der Waals surface area contributed by atoms with E-state index in [0.29, 0.717) is 22.2 Å². The average Bonchev–Trinajstić information content (AvgIpc) is 3.01. The number of halogens is 2. The van der Waals surface area contributed by atoms with Crippen molar-refractivity contribution in [1.29, 1.82) is 0 Å². The molecule has 2 aromatic heterocycles. The molecule has 0 aliphatic carbocycles. The van der Waals surface area contributed by atoms with E-state index in [1.807, 2.05) is 12.1 Å². The minimum absolute atomic E-state index is 0.282. The molecule has 0 atom stereocenters. The molecule has 5 heteroatoms. The maximum absolute atomic E-state index is 13.9. The van der Waals surface area contributed by atoms with Gasteiger partial charge in [-0.1, -0.05) is 18.5 Å². The number of aromatic amines is 1. The van der Waals surface area contributed by atoms with E-state index in [0.717, 1.165) is 17.6 Å². The monoisotopic (exact) mass is 307 g/mol. The highest BCUT2D eigenvalue weighted by Gasteiger charge is 2.17. The summed E-state index contributed by atoms with van der Waals surface area (Å²) in [6.07, 6.45) is 1.68. The van der Waals surface area contributed by atoms with Gasteiger partial charge < -0.3 is 4.98 Å². The van der Waals surface area contributed by atoms with Gasteiger partial charge >= 0.3 is 0 Å². The van der Waals surface area contributed by atoms with Crippen molar-refractivity contribution in [3.63, 3.8) is 0 Å². The lowest BCUT2D eigenvalue weighted by atomic mass is 10.1. The number of thiophene rings is 1. The van der Waals surface area contributed by atoms with Crippen molar-refractivity contribution in [3.8, 4) is 10.6 Å². The minimum atomic E-state index is -0.450. The molecule has 0 aliphatic rings. The molecule has 3 aromatic rings. The Labute approximate surface area is 124 Å². The van der Waals surface area contributed by atoms with Gasteiger partial charge in [-0.3, -0.25) is 4.79 Å². The van der Waals surface area contributed by atoms with Crippen LogP contribution in [-0.2, 0) is 6.42 Å².